The molecule has 7 aromatic carbocycles. The molecule has 0 saturated carbocycles. The van der Waals surface area contributed by atoms with Gasteiger partial charge in [0.25, 0.3) is 6.71 Å². The molecule has 10 aromatic rings. The van der Waals surface area contributed by atoms with E-state index in [0.717, 1.165) is 112 Å². The second kappa shape index (κ2) is 8.99. The summed E-state index contributed by atoms with van der Waals surface area (Å²) >= 11 is 0. The molecule has 0 spiro atoms. The van der Waals surface area contributed by atoms with Crippen molar-refractivity contribution in [2.75, 3.05) is 0 Å². The van der Waals surface area contributed by atoms with Crippen molar-refractivity contribution in [1.29, 1.82) is 0 Å². The van der Waals surface area contributed by atoms with E-state index >= 15 is 0 Å². The van der Waals surface area contributed by atoms with Crippen LogP contribution in [0.3, 0.4) is 0 Å². The quantitative estimate of drug-likeness (QED) is 0.176. The zero-order valence-corrected chi connectivity index (χ0v) is 26.9. The van der Waals surface area contributed by atoms with E-state index in [9.17, 15) is 0 Å². The van der Waals surface area contributed by atoms with Gasteiger partial charge in [-0.05, 0) is 66.7 Å². The SMILES string of the molecule is c1ccc(-n2c3ccccc3n3c4c(ccc5c4c4ccccc4n5-c4cc5c6c(c4)Oc4cccc7c4B6c4c(cccc4O5)O7)nc23)cc1. The van der Waals surface area contributed by atoms with Crippen LogP contribution in [0.5, 0.6) is 34.5 Å². The van der Waals surface area contributed by atoms with Crippen molar-refractivity contribution in [3.63, 3.8) is 0 Å². The third-order valence-corrected chi connectivity index (χ3v) is 10.9. The van der Waals surface area contributed by atoms with Crippen LogP contribution in [0, 0.1) is 0 Å². The predicted molar refractivity (Wildman–Crippen MR) is 202 cm³/mol. The first-order valence-electron chi connectivity index (χ1n) is 17.2. The second-order valence-corrected chi connectivity index (χ2v) is 13.5. The summed E-state index contributed by atoms with van der Waals surface area (Å²) in [6.07, 6.45) is 0. The Kier molecular flexibility index (Phi) is 4.59. The van der Waals surface area contributed by atoms with Crippen molar-refractivity contribution in [2.24, 2.45) is 0 Å². The molecular formula is C43H23BN4O3. The molecule has 8 heteroatoms. The van der Waals surface area contributed by atoms with Crippen LogP contribution in [-0.4, -0.2) is 25.2 Å². The summed E-state index contributed by atoms with van der Waals surface area (Å²) in [5, 5.41) is 2.30. The zero-order chi connectivity index (χ0) is 32.9. The summed E-state index contributed by atoms with van der Waals surface area (Å²) in [4.78, 5) is 5.29. The molecular weight excluding hydrogens is 631 g/mol. The topological polar surface area (TPSA) is 54.9 Å². The van der Waals surface area contributed by atoms with Crippen LogP contribution in [0.15, 0.2) is 140 Å². The first-order chi connectivity index (χ1) is 25.3. The molecule has 236 valence electrons. The van der Waals surface area contributed by atoms with Crippen molar-refractivity contribution in [2.45, 2.75) is 0 Å². The molecule has 0 aliphatic carbocycles. The standard InChI is InChI=1S/C43H23BN4O3/c1-2-10-24(11-3-1)47-29-14-6-7-15-30(29)48-42-27(45-43(47)48)20-21-31-38(42)26-12-4-5-13-28(26)46(31)25-22-36-41-37(23-25)51-35-19-9-17-33-40(35)44(41)39-32(49-33)16-8-18-34(39)50-36/h1-23H. The molecule has 0 saturated heterocycles. The van der Waals surface area contributed by atoms with Crippen LogP contribution in [0.4, 0.5) is 0 Å². The lowest BCUT2D eigenvalue weighted by Gasteiger charge is -2.37. The Morgan fingerprint density at radius 2 is 1.04 bits per heavy atom. The van der Waals surface area contributed by atoms with Crippen molar-refractivity contribution < 1.29 is 14.2 Å². The smallest absolute Gasteiger partial charge is 0.270 e. The second-order valence-electron chi connectivity index (χ2n) is 13.5. The predicted octanol–water partition coefficient (Wildman–Crippen LogP) is 8.36. The van der Waals surface area contributed by atoms with E-state index in [4.69, 9.17) is 19.2 Å². The maximum Gasteiger partial charge on any atom is 0.270 e. The van der Waals surface area contributed by atoms with Gasteiger partial charge in [0, 0.05) is 45.0 Å². The molecule has 0 fully saturated rings. The molecule has 0 atom stereocenters. The summed E-state index contributed by atoms with van der Waals surface area (Å²) < 4.78 is 26.8. The van der Waals surface area contributed by atoms with Gasteiger partial charge in [-0.2, -0.15) is 0 Å². The van der Waals surface area contributed by atoms with E-state index in [-0.39, 0.29) is 6.71 Å². The summed E-state index contributed by atoms with van der Waals surface area (Å²) in [5.41, 5.74) is 11.6. The normalized spacial score (nSPS) is 13.5. The van der Waals surface area contributed by atoms with E-state index in [1.807, 2.05) is 42.5 Å². The van der Waals surface area contributed by atoms with E-state index < -0.39 is 0 Å². The monoisotopic (exact) mass is 654 g/mol. The number of ether oxygens (including phenoxy) is 3. The zero-order valence-electron chi connectivity index (χ0n) is 26.9. The largest absolute Gasteiger partial charge is 0.458 e. The lowest BCUT2D eigenvalue weighted by Crippen LogP contribution is -2.59. The molecule has 3 aliphatic rings. The highest BCUT2D eigenvalue weighted by Crippen LogP contribution is 2.45. The highest BCUT2D eigenvalue weighted by atomic mass is 16.5. The van der Waals surface area contributed by atoms with E-state index in [0.29, 0.717) is 0 Å². The van der Waals surface area contributed by atoms with Crippen LogP contribution >= 0.6 is 0 Å². The van der Waals surface area contributed by atoms with Crippen molar-refractivity contribution >= 4 is 72.8 Å². The van der Waals surface area contributed by atoms with Gasteiger partial charge in [-0.15, -0.1) is 0 Å². The number of hydrogen-bond acceptors (Lipinski definition) is 4. The highest BCUT2D eigenvalue weighted by molar-refractivity contribution is 6.99. The third-order valence-electron chi connectivity index (χ3n) is 10.9. The van der Waals surface area contributed by atoms with Crippen LogP contribution in [0.25, 0.3) is 61.0 Å². The average Bonchev–Trinajstić information content (AvgIpc) is 3.82. The maximum atomic E-state index is 6.73. The third kappa shape index (κ3) is 3.14. The summed E-state index contributed by atoms with van der Waals surface area (Å²) in [6.45, 7) is -0.0301. The van der Waals surface area contributed by atoms with Gasteiger partial charge in [-0.25, -0.2) is 4.98 Å². The first kappa shape index (κ1) is 26.0. The molecule has 0 bridgehead atoms. The van der Waals surface area contributed by atoms with Gasteiger partial charge in [-0.1, -0.05) is 60.7 Å². The lowest BCUT2D eigenvalue weighted by molar-refractivity contribution is 0.442. The van der Waals surface area contributed by atoms with Crippen molar-refractivity contribution in [1.82, 2.24) is 18.5 Å². The number of nitrogens with zero attached hydrogens (tertiary/aromatic N) is 4. The minimum absolute atomic E-state index is 0.0301. The molecule has 3 aromatic heterocycles. The summed E-state index contributed by atoms with van der Waals surface area (Å²) in [5.74, 6) is 5.77. The Labute approximate surface area is 290 Å². The minimum Gasteiger partial charge on any atom is -0.458 e. The highest BCUT2D eigenvalue weighted by Gasteiger charge is 2.46. The molecule has 51 heavy (non-hydrogen) atoms. The van der Waals surface area contributed by atoms with Crippen LogP contribution in [0.1, 0.15) is 0 Å². The molecule has 7 nitrogen and oxygen atoms in total. The van der Waals surface area contributed by atoms with Crippen LogP contribution in [-0.2, 0) is 0 Å². The number of para-hydroxylation sites is 4. The Balaban J connectivity index is 1.12. The molecule has 0 radical (unpaired) electrons. The Hall–Kier alpha value is -6.93. The van der Waals surface area contributed by atoms with Gasteiger partial charge in [0.05, 0.1) is 38.8 Å². The fraction of sp³-hybridized carbons (Fsp3) is 0. The Morgan fingerprint density at radius 3 is 1.75 bits per heavy atom. The van der Waals surface area contributed by atoms with Gasteiger partial charge in [0.15, 0.2) is 0 Å². The van der Waals surface area contributed by atoms with Gasteiger partial charge in [0.2, 0.25) is 5.78 Å². The molecule has 0 N–H and O–H groups in total. The van der Waals surface area contributed by atoms with Gasteiger partial charge < -0.3 is 18.8 Å². The number of imidazole rings is 2. The summed E-state index contributed by atoms with van der Waals surface area (Å²) in [7, 11) is 0. The Morgan fingerprint density at radius 1 is 0.451 bits per heavy atom. The number of rotatable bonds is 2. The molecule has 0 amide bonds. The number of hydrogen-bond donors (Lipinski definition) is 0. The Bertz CT molecular complexity index is 3120. The molecule has 6 heterocycles. The molecule has 0 unspecified atom stereocenters. The van der Waals surface area contributed by atoms with Crippen molar-refractivity contribution in [3.8, 4) is 45.9 Å². The van der Waals surface area contributed by atoms with E-state index in [2.05, 4.69) is 111 Å². The van der Waals surface area contributed by atoms with Crippen LogP contribution < -0.4 is 30.6 Å². The number of aromatic nitrogens is 4. The lowest BCUT2D eigenvalue weighted by atomic mass is 9.34. The number of fused-ring (bicyclic) bond motifs is 9. The van der Waals surface area contributed by atoms with E-state index in [1.54, 1.807) is 0 Å². The van der Waals surface area contributed by atoms with Crippen molar-refractivity contribution in [3.05, 3.63) is 140 Å². The average molecular weight is 654 g/mol. The maximum absolute atomic E-state index is 6.73. The van der Waals surface area contributed by atoms with Gasteiger partial charge in [-0.3, -0.25) is 8.97 Å². The van der Waals surface area contributed by atoms with Gasteiger partial charge >= 0.3 is 0 Å². The number of benzene rings is 7. The van der Waals surface area contributed by atoms with Crippen LogP contribution in [0.2, 0.25) is 0 Å². The van der Waals surface area contributed by atoms with E-state index in [1.165, 1.54) is 0 Å². The minimum atomic E-state index is -0.0301. The fourth-order valence-corrected chi connectivity index (χ4v) is 8.97. The van der Waals surface area contributed by atoms with Gasteiger partial charge in [0.1, 0.15) is 34.5 Å². The molecule has 13 rings (SSSR count). The molecule has 3 aliphatic heterocycles. The first-order valence-corrected chi connectivity index (χ1v) is 17.2. The fourth-order valence-electron chi connectivity index (χ4n) is 8.97. The summed E-state index contributed by atoms with van der Waals surface area (Å²) in [6, 6.07) is 48.5.